The zero-order valence-corrected chi connectivity index (χ0v) is 16.7. The number of anilines is 1. The molecule has 0 aliphatic carbocycles. The van der Waals surface area contributed by atoms with Crippen molar-refractivity contribution >= 4 is 21.6 Å². The minimum atomic E-state index is -3.63. The summed E-state index contributed by atoms with van der Waals surface area (Å²) in [5, 5.41) is 0. The molecule has 1 aromatic carbocycles. The Balaban J connectivity index is 3.18. The molecule has 0 heterocycles. The van der Waals surface area contributed by atoms with E-state index in [0.717, 1.165) is 23.4 Å². The summed E-state index contributed by atoms with van der Waals surface area (Å²) in [6, 6.07) is 6.90. The van der Waals surface area contributed by atoms with Crippen LogP contribution in [0.2, 0.25) is 0 Å². The standard InChI is InChI=1S/C18H30N2O4S/c1-6-12-19(13-7-2)18(21)14-20(25(5,22)23)16-10-8-9-11-17(16)24-15(3)4/h8-11,15H,6-7,12-14H2,1-5H3. The van der Waals surface area contributed by atoms with Gasteiger partial charge in [-0.3, -0.25) is 9.10 Å². The fourth-order valence-electron chi connectivity index (χ4n) is 2.52. The lowest BCUT2D eigenvalue weighted by Gasteiger charge is -2.28. The first-order valence-corrected chi connectivity index (χ1v) is 10.6. The number of carbonyl (C=O) groups excluding carboxylic acids is 1. The molecular weight excluding hydrogens is 340 g/mol. The molecule has 25 heavy (non-hydrogen) atoms. The molecule has 0 aromatic heterocycles. The van der Waals surface area contributed by atoms with Gasteiger partial charge >= 0.3 is 0 Å². The van der Waals surface area contributed by atoms with Crippen molar-refractivity contribution in [3.8, 4) is 5.75 Å². The average molecular weight is 371 g/mol. The molecule has 7 heteroatoms. The molecule has 6 nitrogen and oxygen atoms in total. The van der Waals surface area contributed by atoms with Crippen molar-refractivity contribution < 1.29 is 17.9 Å². The van der Waals surface area contributed by atoms with Gasteiger partial charge in [-0.15, -0.1) is 0 Å². The van der Waals surface area contributed by atoms with E-state index in [-0.39, 0.29) is 18.6 Å². The summed E-state index contributed by atoms with van der Waals surface area (Å²) in [5.74, 6) is 0.252. The molecule has 0 bridgehead atoms. The first kappa shape index (κ1) is 21.3. The molecule has 0 aliphatic heterocycles. The number of amides is 1. The lowest BCUT2D eigenvalue weighted by atomic mass is 10.2. The second kappa shape index (κ2) is 9.65. The zero-order chi connectivity index (χ0) is 19.0. The zero-order valence-electron chi connectivity index (χ0n) is 15.9. The van der Waals surface area contributed by atoms with Gasteiger partial charge in [-0.1, -0.05) is 26.0 Å². The van der Waals surface area contributed by atoms with Crippen LogP contribution in [0, 0.1) is 0 Å². The highest BCUT2D eigenvalue weighted by Crippen LogP contribution is 2.30. The summed E-state index contributed by atoms with van der Waals surface area (Å²) in [6.07, 6.45) is 2.67. The molecule has 0 unspecified atom stereocenters. The van der Waals surface area contributed by atoms with Gasteiger partial charge in [0, 0.05) is 13.1 Å². The summed E-state index contributed by atoms with van der Waals surface area (Å²) in [5.41, 5.74) is 0.389. The third-order valence-electron chi connectivity index (χ3n) is 3.52. The van der Waals surface area contributed by atoms with Gasteiger partial charge in [0.05, 0.1) is 18.0 Å². The van der Waals surface area contributed by atoms with Crippen LogP contribution >= 0.6 is 0 Å². The maximum Gasteiger partial charge on any atom is 0.243 e. The first-order chi connectivity index (χ1) is 11.7. The lowest BCUT2D eigenvalue weighted by Crippen LogP contribution is -2.43. The molecule has 0 radical (unpaired) electrons. The van der Waals surface area contributed by atoms with Crippen LogP contribution in [0.1, 0.15) is 40.5 Å². The monoisotopic (exact) mass is 370 g/mol. The molecular formula is C18H30N2O4S. The Hall–Kier alpha value is -1.76. The van der Waals surface area contributed by atoms with E-state index >= 15 is 0 Å². The van der Waals surface area contributed by atoms with E-state index < -0.39 is 10.0 Å². The van der Waals surface area contributed by atoms with Crippen molar-refractivity contribution in [3.63, 3.8) is 0 Å². The molecule has 0 atom stereocenters. The Bertz CT molecular complexity index is 653. The molecule has 1 aromatic rings. The van der Waals surface area contributed by atoms with E-state index in [0.29, 0.717) is 24.5 Å². The van der Waals surface area contributed by atoms with Crippen LogP contribution in [0.15, 0.2) is 24.3 Å². The highest BCUT2D eigenvalue weighted by atomic mass is 32.2. The smallest absolute Gasteiger partial charge is 0.243 e. The number of para-hydroxylation sites is 2. The molecule has 0 aliphatic rings. The molecule has 0 fully saturated rings. The topological polar surface area (TPSA) is 66.9 Å². The van der Waals surface area contributed by atoms with Crippen LogP contribution in [0.5, 0.6) is 5.75 Å². The minimum Gasteiger partial charge on any atom is -0.489 e. The lowest BCUT2D eigenvalue weighted by molar-refractivity contribution is -0.129. The summed E-state index contributed by atoms with van der Waals surface area (Å²) < 4.78 is 31.5. The van der Waals surface area contributed by atoms with E-state index in [1.165, 1.54) is 0 Å². The summed E-state index contributed by atoms with van der Waals surface area (Å²) in [6.45, 7) is 8.75. The van der Waals surface area contributed by atoms with Crippen molar-refractivity contribution in [2.75, 3.05) is 30.2 Å². The minimum absolute atomic E-state index is 0.102. The third kappa shape index (κ3) is 6.57. The molecule has 142 valence electrons. The number of benzene rings is 1. The Morgan fingerprint density at radius 1 is 1.12 bits per heavy atom. The van der Waals surface area contributed by atoms with Gasteiger partial charge in [-0.2, -0.15) is 0 Å². The van der Waals surface area contributed by atoms with Crippen molar-refractivity contribution in [1.29, 1.82) is 0 Å². The van der Waals surface area contributed by atoms with E-state index in [2.05, 4.69) is 0 Å². The average Bonchev–Trinajstić information content (AvgIpc) is 2.51. The van der Waals surface area contributed by atoms with E-state index in [1.807, 2.05) is 27.7 Å². The SMILES string of the molecule is CCCN(CCC)C(=O)CN(c1ccccc1OC(C)C)S(C)(=O)=O. The number of nitrogens with zero attached hydrogens (tertiary/aromatic N) is 2. The van der Waals surface area contributed by atoms with Gasteiger partial charge in [0.2, 0.25) is 15.9 Å². The maximum atomic E-state index is 12.7. The Morgan fingerprint density at radius 3 is 2.16 bits per heavy atom. The summed E-state index contributed by atoms with van der Waals surface area (Å²) in [4.78, 5) is 14.4. The highest BCUT2D eigenvalue weighted by molar-refractivity contribution is 7.92. The van der Waals surface area contributed by atoms with Gasteiger partial charge in [0.25, 0.3) is 0 Å². The second-order valence-corrected chi connectivity index (χ2v) is 8.19. The van der Waals surface area contributed by atoms with Crippen LogP contribution < -0.4 is 9.04 Å². The summed E-state index contributed by atoms with van der Waals surface area (Å²) >= 11 is 0. The van der Waals surface area contributed by atoms with E-state index in [1.54, 1.807) is 29.2 Å². The quantitative estimate of drug-likeness (QED) is 0.635. The number of sulfonamides is 1. The fourth-order valence-corrected chi connectivity index (χ4v) is 3.37. The van der Waals surface area contributed by atoms with E-state index in [9.17, 15) is 13.2 Å². The normalized spacial score (nSPS) is 11.4. The number of carbonyl (C=O) groups is 1. The van der Waals surface area contributed by atoms with Crippen molar-refractivity contribution in [2.24, 2.45) is 0 Å². The van der Waals surface area contributed by atoms with E-state index in [4.69, 9.17) is 4.74 Å². The maximum absolute atomic E-state index is 12.7. The van der Waals surface area contributed by atoms with Crippen molar-refractivity contribution in [3.05, 3.63) is 24.3 Å². The molecule has 0 N–H and O–H groups in total. The van der Waals surface area contributed by atoms with Gasteiger partial charge in [-0.05, 0) is 38.8 Å². The Morgan fingerprint density at radius 2 is 1.68 bits per heavy atom. The number of rotatable bonds is 10. The summed E-state index contributed by atoms with van der Waals surface area (Å²) in [7, 11) is -3.63. The largest absolute Gasteiger partial charge is 0.489 e. The molecule has 0 saturated carbocycles. The van der Waals surface area contributed by atoms with Crippen molar-refractivity contribution in [2.45, 2.75) is 46.6 Å². The highest BCUT2D eigenvalue weighted by Gasteiger charge is 2.26. The van der Waals surface area contributed by atoms with Gasteiger partial charge in [0.1, 0.15) is 12.3 Å². The van der Waals surface area contributed by atoms with Gasteiger partial charge < -0.3 is 9.64 Å². The predicted octanol–water partition coefficient (Wildman–Crippen LogP) is 2.89. The molecule has 1 rings (SSSR count). The van der Waals surface area contributed by atoms with Crippen LogP contribution in [0.25, 0.3) is 0 Å². The van der Waals surface area contributed by atoms with Crippen molar-refractivity contribution in [1.82, 2.24) is 4.90 Å². The predicted molar refractivity (Wildman–Crippen MR) is 102 cm³/mol. The van der Waals surface area contributed by atoms with Crippen LogP contribution in [-0.4, -0.2) is 51.2 Å². The number of ether oxygens (including phenoxy) is 1. The molecule has 0 spiro atoms. The Labute approximate surface area is 151 Å². The molecule has 0 saturated heterocycles. The number of hydrogen-bond donors (Lipinski definition) is 0. The first-order valence-electron chi connectivity index (χ1n) is 8.71. The van der Waals surface area contributed by atoms with Crippen LogP contribution in [-0.2, 0) is 14.8 Å². The molecule has 1 amide bonds. The van der Waals surface area contributed by atoms with Crippen LogP contribution in [0.3, 0.4) is 0 Å². The van der Waals surface area contributed by atoms with Gasteiger partial charge in [0.15, 0.2) is 0 Å². The Kier molecular flexibility index (Phi) is 8.22. The van der Waals surface area contributed by atoms with Crippen LogP contribution in [0.4, 0.5) is 5.69 Å². The fraction of sp³-hybridized carbons (Fsp3) is 0.611. The third-order valence-corrected chi connectivity index (χ3v) is 4.64. The number of hydrogen-bond acceptors (Lipinski definition) is 4. The van der Waals surface area contributed by atoms with Gasteiger partial charge in [-0.25, -0.2) is 8.42 Å². The second-order valence-electron chi connectivity index (χ2n) is 6.28.